The van der Waals surface area contributed by atoms with Gasteiger partial charge >= 0.3 is 5.97 Å². The van der Waals surface area contributed by atoms with Crippen molar-refractivity contribution in [1.29, 1.82) is 0 Å². The maximum absolute atomic E-state index is 13.8. The molecule has 0 radical (unpaired) electrons. The Kier molecular flexibility index (Phi) is 13.3. The van der Waals surface area contributed by atoms with E-state index in [-0.39, 0.29) is 43.7 Å². The number of aliphatic hydroxyl groups excluding tert-OH is 1. The Morgan fingerprint density at radius 3 is 2.18 bits per heavy atom. The molecule has 11 heteroatoms. The van der Waals surface area contributed by atoms with E-state index in [0.29, 0.717) is 19.3 Å². The third-order valence-corrected chi connectivity index (χ3v) is 8.98. The molecule has 1 aromatic heterocycles. The number of benzene rings is 1. The number of aromatic nitrogens is 1. The van der Waals surface area contributed by atoms with E-state index in [1.165, 1.54) is 4.90 Å². The van der Waals surface area contributed by atoms with E-state index in [2.05, 4.69) is 15.6 Å². The number of aryl methyl sites for hydroxylation is 1. The summed E-state index contributed by atoms with van der Waals surface area (Å²) in [6.07, 6.45) is 5.95. The maximum atomic E-state index is 13.8. The molecule has 0 unspecified atom stereocenters. The minimum atomic E-state index is -0.840. The van der Waals surface area contributed by atoms with Crippen molar-refractivity contribution in [2.75, 3.05) is 6.54 Å². The number of rotatable bonds is 16. The maximum Gasteiger partial charge on any atom is 0.303 e. The number of aliphatic carboxylic acids is 1. The zero-order chi connectivity index (χ0) is 32.3. The minimum Gasteiger partial charge on any atom is -0.481 e. The second-order valence-corrected chi connectivity index (χ2v) is 13.7. The largest absolute Gasteiger partial charge is 0.481 e. The van der Waals surface area contributed by atoms with E-state index in [1.54, 1.807) is 11.3 Å². The van der Waals surface area contributed by atoms with Gasteiger partial charge in [-0.25, -0.2) is 4.98 Å². The standard InChI is InChI=1S/C33H48N4O6S/c1-22-29(44-21-35-22)24-16-14-23(15-17-24)19-34-31(42)26-18-25(38)20-37(26)32(43)30(33(2,3)4)36-27(39)12-10-8-6-5-7-9-11-13-28(40)41/h14-17,21,25-26,30,38H,5-13,18-20H2,1-4H3,(H,34,42)(H,36,39)(H,40,41)/t25-,26-,30+/m0/s1. The van der Waals surface area contributed by atoms with Crippen LogP contribution in [0.15, 0.2) is 29.8 Å². The molecular formula is C33H48N4O6S. The van der Waals surface area contributed by atoms with Gasteiger partial charge in [0.2, 0.25) is 17.7 Å². The first kappa shape index (κ1) is 35.2. The third-order valence-electron chi connectivity index (χ3n) is 8.01. The molecule has 0 aliphatic carbocycles. The summed E-state index contributed by atoms with van der Waals surface area (Å²) in [7, 11) is 0. The van der Waals surface area contributed by atoms with Crippen molar-refractivity contribution in [2.45, 2.75) is 117 Å². The Hall–Kier alpha value is -3.31. The second-order valence-electron chi connectivity index (χ2n) is 12.8. The molecule has 10 nitrogen and oxygen atoms in total. The number of hydrogen-bond acceptors (Lipinski definition) is 7. The van der Waals surface area contributed by atoms with Crippen molar-refractivity contribution >= 4 is 35.0 Å². The fourth-order valence-electron chi connectivity index (χ4n) is 5.46. The smallest absolute Gasteiger partial charge is 0.303 e. The lowest BCUT2D eigenvalue weighted by Crippen LogP contribution is -2.57. The van der Waals surface area contributed by atoms with E-state index in [4.69, 9.17) is 5.11 Å². The summed E-state index contributed by atoms with van der Waals surface area (Å²) in [5.74, 6) is -1.67. The summed E-state index contributed by atoms with van der Waals surface area (Å²) >= 11 is 1.58. The Bertz CT molecular complexity index is 1260. The number of thiazole rings is 1. The third kappa shape index (κ3) is 10.7. The van der Waals surface area contributed by atoms with Crippen LogP contribution in [0.1, 0.15) is 96.2 Å². The molecule has 1 saturated heterocycles. The molecule has 4 N–H and O–H groups in total. The summed E-state index contributed by atoms with van der Waals surface area (Å²) in [6, 6.07) is 6.24. The van der Waals surface area contributed by atoms with Crippen LogP contribution in [0.25, 0.3) is 10.4 Å². The van der Waals surface area contributed by atoms with Crippen LogP contribution in [0.4, 0.5) is 0 Å². The number of nitrogens with one attached hydrogen (secondary N) is 2. The number of likely N-dealkylation sites (tertiary alicyclic amines) is 1. The van der Waals surface area contributed by atoms with Gasteiger partial charge in [0.05, 0.1) is 22.2 Å². The molecule has 0 bridgehead atoms. The monoisotopic (exact) mass is 628 g/mol. The first-order valence-electron chi connectivity index (χ1n) is 15.6. The number of carbonyl (C=O) groups is 4. The van der Waals surface area contributed by atoms with Crippen LogP contribution in [-0.4, -0.2) is 68.5 Å². The van der Waals surface area contributed by atoms with Crippen LogP contribution >= 0.6 is 11.3 Å². The Balaban J connectivity index is 1.50. The van der Waals surface area contributed by atoms with Crippen LogP contribution in [0.5, 0.6) is 0 Å². The molecule has 1 aliphatic rings. The van der Waals surface area contributed by atoms with Gasteiger partial charge < -0.3 is 25.7 Å². The first-order chi connectivity index (χ1) is 20.9. The van der Waals surface area contributed by atoms with Gasteiger partial charge in [0, 0.05) is 32.4 Å². The van der Waals surface area contributed by atoms with E-state index >= 15 is 0 Å². The number of unbranched alkanes of at least 4 members (excludes halogenated alkanes) is 6. The number of carbonyl (C=O) groups excluding carboxylic acids is 3. The number of aliphatic hydroxyl groups is 1. The molecule has 242 valence electrons. The van der Waals surface area contributed by atoms with Crippen LogP contribution in [-0.2, 0) is 25.7 Å². The number of carboxylic acid groups (broad SMARTS) is 1. The van der Waals surface area contributed by atoms with E-state index in [1.807, 2.05) is 57.5 Å². The second kappa shape index (κ2) is 16.7. The fraction of sp³-hybridized carbons (Fsp3) is 0.606. The number of nitrogens with zero attached hydrogens (tertiary/aromatic N) is 2. The highest BCUT2D eigenvalue weighted by molar-refractivity contribution is 7.13. The van der Waals surface area contributed by atoms with E-state index in [9.17, 15) is 24.3 Å². The van der Waals surface area contributed by atoms with Gasteiger partial charge in [-0.3, -0.25) is 19.2 Å². The number of amides is 3. The minimum absolute atomic E-state index is 0.0364. The molecule has 3 atom stereocenters. The molecule has 3 amide bonds. The molecule has 2 aromatic rings. The number of β-amino-alcohol motifs (C(OH)–C–C–N with tert-alkyl or cyclic N) is 1. The highest BCUT2D eigenvalue weighted by Gasteiger charge is 2.44. The highest BCUT2D eigenvalue weighted by atomic mass is 32.1. The van der Waals surface area contributed by atoms with E-state index in [0.717, 1.165) is 53.8 Å². The molecule has 1 aromatic carbocycles. The normalized spacial score (nSPS) is 17.3. The van der Waals surface area contributed by atoms with Crippen molar-refractivity contribution in [1.82, 2.24) is 20.5 Å². The highest BCUT2D eigenvalue weighted by Crippen LogP contribution is 2.28. The quantitative estimate of drug-likeness (QED) is 0.195. The van der Waals surface area contributed by atoms with Gasteiger partial charge in [0.1, 0.15) is 12.1 Å². The van der Waals surface area contributed by atoms with Gasteiger partial charge in [0.15, 0.2) is 0 Å². The van der Waals surface area contributed by atoms with Crippen molar-refractivity contribution in [3.63, 3.8) is 0 Å². The van der Waals surface area contributed by atoms with Crippen molar-refractivity contribution in [3.8, 4) is 10.4 Å². The average Bonchev–Trinajstić information content (AvgIpc) is 3.58. The molecular weight excluding hydrogens is 580 g/mol. The average molecular weight is 629 g/mol. The van der Waals surface area contributed by atoms with Gasteiger partial charge in [-0.15, -0.1) is 11.3 Å². The van der Waals surface area contributed by atoms with Gasteiger partial charge in [-0.1, -0.05) is 77.1 Å². The number of carboxylic acids is 1. The zero-order valence-corrected chi connectivity index (χ0v) is 27.3. The van der Waals surface area contributed by atoms with Gasteiger partial charge in [0.25, 0.3) is 0 Å². The Morgan fingerprint density at radius 2 is 1.61 bits per heavy atom. The van der Waals surface area contributed by atoms with Crippen LogP contribution < -0.4 is 10.6 Å². The van der Waals surface area contributed by atoms with Gasteiger partial charge in [-0.05, 0) is 36.3 Å². The summed E-state index contributed by atoms with van der Waals surface area (Å²) in [6.45, 7) is 7.92. The van der Waals surface area contributed by atoms with Crippen molar-refractivity contribution in [3.05, 3.63) is 41.0 Å². The Morgan fingerprint density at radius 1 is 1.00 bits per heavy atom. The van der Waals surface area contributed by atoms with Crippen LogP contribution in [0.2, 0.25) is 0 Å². The molecule has 44 heavy (non-hydrogen) atoms. The molecule has 3 rings (SSSR count). The lowest BCUT2D eigenvalue weighted by molar-refractivity contribution is -0.144. The predicted octanol–water partition coefficient (Wildman–Crippen LogP) is 4.82. The van der Waals surface area contributed by atoms with Crippen LogP contribution in [0.3, 0.4) is 0 Å². The zero-order valence-electron chi connectivity index (χ0n) is 26.4. The van der Waals surface area contributed by atoms with E-state index < -0.39 is 29.6 Å². The summed E-state index contributed by atoms with van der Waals surface area (Å²) in [5, 5.41) is 25.0. The molecule has 1 fully saturated rings. The molecule has 0 spiro atoms. The lowest BCUT2D eigenvalue weighted by Gasteiger charge is -2.35. The SMILES string of the molecule is Cc1ncsc1-c1ccc(CNC(=O)[C@@H]2C[C@H](O)CN2C(=O)[C@@H](NC(=O)CCCCCCCCCC(=O)O)C(C)(C)C)cc1. The van der Waals surface area contributed by atoms with Crippen molar-refractivity contribution < 1.29 is 29.4 Å². The summed E-state index contributed by atoms with van der Waals surface area (Å²) < 4.78 is 0. The summed E-state index contributed by atoms with van der Waals surface area (Å²) in [5.41, 5.74) is 4.17. The number of hydrogen-bond donors (Lipinski definition) is 4. The molecule has 0 saturated carbocycles. The first-order valence-corrected chi connectivity index (χ1v) is 16.5. The van der Waals surface area contributed by atoms with Crippen LogP contribution in [0, 0.1) is 12.3 Å². The Labute approximate surface area is 264 Å². The topological polar surface area (TPSA) is 149 Å². The molecule has 2 heterocycles. The van der Waals surface area contributed by atoms with Gasteiger partial charge in [-0.2, -0.15) is 0 Å². The molecule has 1 aliphatic heterocycles. The lowest BCUT2D eigenvalue weighted by atomic mass is 9.85. The van der Waals surface area contributed by atoms with Crippen molar-refractivity contribution in [2.24, 2.45) is 5.41 Å². The summed E-state index contributed by atoms with van der Waals surface area (Å²) in [4.78, 5) is 57.3. The fourth-order valence-corrected chi connectivity index (χ4v) is 6.27. The predicted molar refractivity (Wildman–Crippen MR) is 171 cm³/mol.